The third-order valence-electron chi connectivity index (χ3n) is 5.35. The molecule has 1 saturated carbocycles. The molecule has 1 aromatic heterocycles. The predicted octanol–water partition coefficient (Wildman–Crippen LogP) is 4.11. The molecule has 0 bridgehead atoms. The van der Waals surface area contributed by atoms with Crippen molar-refractivity contribution in [2.45, 2.75) is 65.8 Å². The number of nitrogens with zero attached hydrogens (tertiary/aromatic N) is 3. The van der Waals surface area contributed by atoms with Gasteiger partial charge in [-0.3, -0.25) is 14.7 Å². The molecule has 1 aliphatic rings. The van der Waals surface area contributed by atoms with Crippen LogP contribution in [0.2, 0.25) is 0 Å². The summed E-state index contributed by atoms with van der Waals surface area (Å²) < 4.78 is 27.0. The van der Waals surface area contributed by atoms with E-state index in [0.29, 0.717) is 28.5 Å². The highest BCUT2D eigenvalue weighted by Crippen LogP contribution is 2.30. The number of amides is 2. The topological polar surface area (TPSA) is 112 Å². The normalized spacial score (nSPS) is 19.7. The average molecular weight is 475 g/mol. The summed E-state index contributed by atoms with van der Waals surface area (Å²) in [7, 11) is 0. The zero-order valence-electron chi connectivity index (χ0n) is 18.7. The molecule has 0 radical (unpaired) electrons. The standard InChI is InChI=1S/C20H34N4O5S2/c1-5-29-18(25)13-24(31(27)28)17-12-21-19(30-17)22-20(26)23(11-10-14(2)3)16-8-6-15(4)7-9-16/h12,14-16H,5-11,13H2,1-4H3,(H,27,28)(H,21,22,26). The van der Waals surface area contributed by atoms with Crippen molar-refractivity contribution in [3.63, 3.8) is 0 Å². The molecule has 1 heterocycles. The molecule has 0 saturated heterocycles. The fraction of sp³-hybridized carbons (Fsp3) is 0.750. The summed E-state index contributed by atoms with van der Waals surface area (Å²) in [4.78, 5) is 30.9. The molecule has 9 nitrogen and oxygen atoms in total. The van der Waals surface area contributed by atoms with Gasteiger partial charge in [0.2, 0.25) is 0 Å². The highest BCUT2D eigenvalue weighted by molar-refractivity contribution is 7.81. The number of carbonyl (C=O) groups excluding carboxylic acids is 2. The zero-order valence-corrected chi connectivity index (χ0v) is 20.3. The van der Waals surface area contributed by atoms with Gasteiger partial charge in [0, 0.05) is 12.6 Å². The number of aromatic nitrogens is 1. The lowest BCUT2D eigenvalue weighted by molar-refractivity contribution is -0.141. The largest absolute Gasteiger partial charge is 0.465 e. The molecular weight excluding hydrogens is 440 g/mol. The van der Waals surface area contributed by atoms with Gasteiger partial charge >= 0.3 is 12.0 Å². The average Bonchev–Trinajstić information content (AvgIpc) is 3.15. The molecule has 2 amide bonds. The monoisotopic (exact) mass is 474 g/mol. The second kappa shape index (κ2) is 12.4. The first-order chi connectivity index (χ1) is 14.7. The van der Waals surface area contributed by atoms with Gasteiger partial charge in [0.25, 0.3) is 11.3 Å². The maximum atomic E-state index is 13.1. The third-order valence-corrected chi connectivity index (χ3v) is 7.11. The first-order valence-electron chi connectivity index (χ1n) is 10.8. The highest BCUT2D eigenvalue weighted by Gasteiger charge is 2.28. The van der Waals surface area contributed by atoms with Gasteiger partial charge in [-0.05, 0) is 50.9 Å². The zero-order chi connectivity index (χ0) is 23.0. The molecule has 1 aliphatic carbocycles. The Morgan fingerprint density at radius 2 is 2.03 bits per heavy atom. The fourth-order valence-corrected chi connectivity index (χ4v) is 4.97. The van der Waals surface area contributed by atoms with Gasteiger partial charge in [-0.15, -0.1) is 0 Å². The van der Waals surface area contributed by atoms with Gasteiger partial charge in [0.05, 0.1) is 12.8 Å². The van der Waals surface area contributed by atoms with Crippen LogP contribution in [-0.2, 0) is 20.8 Å². The fourth-order valence-electron chi connectivity index (χ4n) is 3.54. The van der Waals surface area contributed by atoms with Crippen molar-refractivity contribution in [3.05, 3.63) is 6.20 Å². The maximum Gasteiger partial charge on any atom is 0.326 e. The third kappa shape index (κ3) is 8.04. The Hall–Kier alpha value is -1.72. The van der Waals surface area contributed by atoms with Gasteiger partial charge in [-0.2, -0.15) is 0 Å². The predicted molar refractivity (Wildman–Crippen MR) is 123 cm³/mol. The Balaban J connectivity index is 2.08. The maximum absolute atomic E-state index is 13.1. The van der Waals surface area contributed by atoms with Crippen LogP contribution in [-0.4, -0.2) is 56.4 Å². The van der Waals surface area contributed by atoms with Gasteiger partial charge in [0.1, 0.15) is 11.5 Å². The van der Waals surface area contributed by atoms with Gasteiger partial charge in [-0.1, -0.05) is 32.1 Å². The van der Waals surface area contributed by atoms with E-state index in [1.54, 1.807) is 6.92 Å². The molecule has 2 N–H and O–H groups in total. The summed E-state index contributed by atoms with van der Waals surface area (Å²) in [5.74, 6) is 0.563. The van der Waals surface area contributed by atoms with Crippen molar-refractivity contribution in [3.8, 4) is 0 Å². The summed E-state index contributed by atoms with van der Waals surface area (Å²) in [5.41, 5.74) is 0. The minimum atomic E-state index is -2.42. The lowest BCUT2D eigenvalue weighted by Crippen LogP contribution is -2.45. The second-order valence-corrected chi connectivity index (χ2v) is 10.2. The van der Waals surface area contributed by atoms with Crippen LogP contribution in [0, 0.1) is 11.8 Å². The number of ether oxygens (including phenoxy) is 1. The molecule has 31 heavy (non-hydrogen) atoms. The molecule has 1 unspecified atom stereocenters. The van der Waals surface area contributed by atoms with Crippen molar-refractivity contribution in [1.82, 2.24) is 9.88 Å². The number of esters is 1. The smallest absolute Gasteiger partial charge is 0.326 e. The van der Waals surface area contributed by atoms with E-state index in [1.807, 2.05) is 4.90 Å². The number of hydrogen-bond donors (Lipinski definition) is 2. The molecule has 0 aromatic carbocycles. The quantitative estimate of drug-likeness (QED) is 0.390. The van der Waals surface area contributed by atoms with Crippen LogP contribution in [0.1, 0.15) is 59.8 Å². The van der Waals surface area contributed by atoms with E-state index in [4.69, 9.17) is 4.74 Å². The molecule has 1 fully saturated rings. The van der Waals surface area contributed by atoms with Crippen molar-refractivity contribution in [1.29, 1.82) is 0 Å². The molecule has 1 aromatic rings. The summed E-state index contributed by atoms with van der Waals surface area (Å²) in [6.45, 7) is 8.67. The lowest BCUT2D eigenvalue weighted by atomic mass is 9.86. The van der Waals surface area contributed by atoms with Crippen LogP contribution in [0.3, 0.4) is 0 Å². The lowest BCUT2D eigenvalue weighted by Gasteiger charge is -2.36. The first-order valence-corrected chi connectivity index (χ1v) is 12.7. The number of urea groups is 1. The molecule has 1 atom stereocenters. The number of nitrogens with one attached hydrogen (secondary N) is 1. The number of carbonyl (C=O) groups is 2. The van der Waals surface area contributed by atoms with Crippen LogP contribution < -0.4 is 9.62 Å². The van der Waals surface area contributed by atoms with E-state index in [9.17, 15) is 18.4 Å². The second-order valence-electron chi connectivity index (χ2n) is 8.30. The van der Waals surface area contributed by atoms with Crippen LogP contribution in [0.15, 0.2) is 6.20 Å². The number of anilines is 2. The van der Waals surface area contributed by atoms with Crippen LogP contribution >= 0.6 is 11.3 Å². The van der Waals surface area contributed by atoms with E-state index < -0.39 is 17.2 Å². The molecule has 11 heteroatoms. The number of hydrogen-bond acceptors (Lipinski definition) is 6. The van der Waals surface area contributed by atoms with Crippen molar-refractivity contribution >= 4 is 44.7 Å². The molecule has 2 rings (SSSR count). The highest BCUT2D eigenvalue weighted by atomic mass is 32.2. The Labute approximate surface area is 191 Å². The number of rotatable bonds is 10. The Morgan fingerprint density at radius 3 is 2.61 bits per heavy atom. The van der Waals surface area contributed by atoms with Gasteiger partial charge in [-0.25, -0.2) is 18.3 Å². The minimum absolute atomic E-state index is 0.181. The van der Waals surface area contributed by atoms with E-state index in [1.165, 1.54) is 6.20 Å². The van der Waals surface area contributed by atoms with E-state index in [-0.39, 0.29) is 25.2 Å². The molecule has 176 valence electrons. The van der Waals surface area contributed by atoms with Crippen LogP contribution in [0.4, 0.5) is 14.9 Å². The Bertz CT molecular complexity index is 750. The van der Waals surface area contributed by atoms with Crippen molar-refractivity contribution < 1.29 is 23.1 Å². The van der Waals surface area contributed by atoms with Crippen molar-refractivity contribution in [2.75, 3.05) is 29.3 Å². The van der Waals surface area contributed by atoms with Crippen LogP contribution in [0.5, 0.6) is 0 Å². The SMILES string of the molecule is CCOC(=O)CN(c1cnc(NC(=O)N(CCC(C)C)C2CCC(C)CC2)s1)S(=O)O. The van der Waals surface area contributed by atoms with Crippen LogP contribution in [0.25, 0.3) is 0 Å². The Kier molecular flexibility index (Phi) is 10.2. The first kappa shape index (κ1) is 25.5. The van der Waals surface area contributed by atoms with E-state index >= 15 is 0 Å². The van der Waals surface area contributed by atoms with Gasteiger partial charge < -0.3 is 9.64 Å². The van der Waals surface area contributed by atoms with E-state index in [0.717, 1.165) is 47.7 Å². The molecular formula is C20H34N4O5S2. The summed E-state index contributed by atoms with van der Waals surface area (Å²) in [6, 6.07) is 0.00260. The number of thiazole rings is 1. The van der Waals surface area contributed by atoms with Gasteiger partial charge in [0.15, 0.2) is 5.13 Å². The van der Waals surface area contributed by atoms with Crippen molar-refractivity contribution in [2.24, 2.45) is 11.8 Å². The minimum Gasteiger partial charge on any atom is -0.465 e. The summed E-state index contributed by atoms with van der Waals surface area (Å²) in [5, 5.41) is 3.45. The molecule has 0 aliphatic heterocycles. The molecule has 0 spiro atoms. The summed E-state index contributed by atoms with van der Waals surface area (Å²) in [6.07, 6.45) is 6.50. The van der Waals surface area contributed by atoms with E-state index in [2.05, 4.69) is 31.1 Å². The summed E-state index contributed by atoms with van der Waals surface area (Å²) >= 11 is -1.38. The Morgan fingerprint density at radius 1 is 1.35 bits per heavy atom.